The van der Waals surface area contributed by atoms with Gasteiger partial charge < -0.3 is 14.5 Å². The summed E-state index contributed by atoms with van der Waals surface area (Å²) in [6.45, 7) is 10.3. The molecule has 2 heterocycles. The van der Waals surface area contributed by atoms with Crippen LogP contribution in [0, 0.1) is 5.92 Å². The van der Waals surface area contributed by atoms with E-state index in [0.717, 1.165) is 37.4 Å². The molecule has 0 N–H and O–H groups in total. The van der Waals surface area contributed by atoms with E-state index >= 15 is 0 Å². The van der Waals surface area contributed by atoms with Crippen LogP contribution < -0.4 is 4.74 Å². The van der Waals surface area contributed by atoms with E-state index in [1.165, 1.54) is 57.4 Å². The number of piperidine rings is 1. The molecule has 0 saturated carbocycles. The van der Waals surface area contributed by atoms with E-state index in [-0.39, 0.29) is 0 Å². The van der Waals surface area contributed by atoms with Gasteiger partial charge in [0.25, 0.3) is 0 Å². The van der Waals surface area contributed by atoms with Crippen LogP contribution in [0.3, 0.4) is 0 Å². The molecule has 1 unspecified atom stereocenters. The van der Waals surface area contributed by atoms with Gasteiger partial charge in [0.2, 0.25) is 0 Å². The van der Waals surface area contributed by atoms with E-state index in [1.807, 2.05) is 0 Å². The summed E-state index contributed by atoms with van der Waals surface area (Å²) in [5.74, 6) is 1.88. The Morgan fingerprint density at radius 3 is 2.54 bits per heavy atom. The minimum absolute atomic E-state index is 0.746. The van der Waals surface area contributed by atoms with Crippen molar-refractivity contribution in [3.63, 3.8) is 0 Å². The Kier molecular flexibility index (Phi) is 7.35. The van der Waals surface area contributed by atoms with Crippen molar-refractivity contribution >= 4 is 0 Å². The van der Waals surface area contributed by atoms with Crippen LogP contribution in [-0.4, -0.2) is 74.2 Å². The molecule has 1 aromatic rings. The molecule has 0 bridgehead atoms. The average molecular weight is 360 g/mol. The van der Waals surface area contributed by atoms with E-state index in [1.54, 1.807) is 0 Å². The summed E-state index contributed by atoms with van der Waals surface area (Å²) in [7, 11) is 4.15. The monoisotopic (exact) mass is 359 g/mol. The van der Waals surface area contributed by atoms with Gasteiger partial charge in [-0.25, -0.2) is 0 Å². The van der Waals surface area contributed by atoms with Crippen molar-refractivity contribution < 1.29 is 4.74 Å². The van der Waals surface area contributed by atoms with Crippen LogP contribution >= 0.6 is 0 Å². The highest BCUT2D eigenvalue weighted by atomic mass is 16.5. The largest absolute Gasteiger partial charge is 0.492 e. The maximum absolute atomic E-state index is 5.89. The molecule has 2 fully saturated rings. The Hall–Kier alpha value is -1.10. The fourth-order valence-electron chi connectivity index (χ4n) is 4.38. The van der Waals surface area contributed by atoms with Crippen LogP contribution in [-0.2, 0) is 6.54 Å². The summed E-state index contributed by atoms with van der Waals surface area (Å²) in [6, 6.07) is 9.42. The predicted octanol–water partition coefficient (Wildman–Crippen LogP) is 3.32. The van der Waals surface area contributed by atoms with Crippen molar-refractivity contribution in [2.45, 2.75) is 45.2 Å². The summed E-state index contributed by atoms with van der Waals surface area (Å²) >= 11 is 0. The van der Waals surface area contributed by atoms with Crippen molar-refractivity contribution in [2.24, 2.45) is 5.92 Å². The van der Waals surface area contributed by atoms with Crippen LogP contribution in [0.2, 0.25) is 0 Å². The van der Waals surface area contributed by atoms with Gasteiger partial charge >= 0.3 is 0 Å². The molecule has 0 radical (unpaired) electrons. The lowest BCUT2D eigenvalue weighted by molar-refractivity contribution is 0.108. The Balaban J connectivity index is 1.44. The number of benzene rings is 1. The third-order valence-corrected chi connectivity index (χ3v) is 6.14. The smallest absolute Gasteiger partial charge is 0.119 e. The molecular formula is C22H37N3O. The van der Waals surface area contributed by atoms with Gasteiger partial charge in [-0.3, -0.25) is 4.90 Å². The van der Waals surface area contributed by atoms with E-state index < -0.39 is 0 Å². The Morgan fingerprint density at radius 2 is 1.85 bits per heavy atom. The molecule has 1 atom stereocenters. The number of hydrogen-bond donors (Lipinski definition) is 0. The van der Waals surface area contributed by atoms with Gasteiger partial charge in [-0.1, -0.05) is 12.1 Å². The van der Waals surface area contributed by atoms with Crippen molar-refractivity contribution in [1.29, 1.82) is 0 Å². The van der Waals surface area contributed by atoms with Crippen molar-refractivity contribution in [3.8, 4) is 5.75 Å². The average Bonchev–Trinajstić information content (AvgIpc) is 3.16. The zero-order chi connectivity index (χ0) is 18.4. The van der Waals surface area contributed by atoms with Gasteiger partial charge in [0.05, 0.1) is 0 Å². The molecule has 0 aliphatic carbocycles. The minimum Gasteiger partial charge on any atom is -0.492 e. The number of ether oxygens (including phenoxy) is 1. The lowest BCUT2D eigenvalue weighted by Crippen LogP contribution is -2.42. The van der Waals surface area contributed by atoms with E-state index in [4.69, 9.17) is 4.74 Å². The molecule has 2 saturated heterocycles. The van der Waals surface area contributed by atoms with Crippen molar-refractivity contribution in [2.75, 3.05) is 53.4 Å². The first-order valence-corrected chi connectivity index (χ1v) is 10.4. The minimum atomic E-state index is 0.746. The van der Waals surface area contributed by atoms with Crippen molar-refractivity contribution in [3.05, 3.63) is 29.8 Å². The van der Waals surface area contributed by atoms with Gasteiger partial charge in [-0.2, -0.15) is 0 Å². The zero-order valence-corrected chi connectivity index (χ0v) is 17.0. The molecule has 4 nitrogen and oxygen atoms in total. The summed E-state index contributed by atoms with van der Waals surface area (Å²) in [5.41, 5.74) is 1.37. The SMILES string of the molecule is CC(C1CCN(Cc2cccc(OCCN(C)C)c2)CC1)N1CCCC1. The molecule has 146 valence electrons. The highest BCUT2D eigenvalue weighted by Gasteiger charge is 2.28. The predicted molar refractivity (Wildman–Crippen MR) is 109 cm³/mol. The first-order chi connectivity index (χ1) is 12.6. The summed E-state index contributed by atoms with van der Waals surface area (Å²) in [5, 5.41) is 0. The summed E-state index contributed by atoms with van der Waals surface area (Å²) in [6.07, 6.45) is 5.49. The van der Waals surface area contributed by atoms with Gasteiger partial charge in [0.15, 0.2) is 0 Å². The topological polar surface area (TPSA) is 19.0 Å². The number of likely N-dealkylation sites (N-methyl/N-ethyl adjacent to an activating group) is 1. The molecule has 0 amide bonds. The van der Waals surface area contributed by atoms with Gasteiger partial charge in [0.1, 0.15) is 12.4 Å². The van der Waals surface area contributed by atoms with Crippen LogP contribution in [0.15, 0.2) is 24.3 Å². The molecule has 1 aromatic carbocycles. The molecule has 2 aliphatic heterocycles. The number of rotatable bonds is 8. The van der Waals surface area contributed by atoms with Crippen LogP contribution in [0.5, 0.6) is 5.75 Å². The number of hydrogen-bond acceptors (Lipinski definition) is 4. The molecule has 2 aliphatic rings. The summed E-state index contributed by atoms with van der Waals surface area (Å²) in [4.78, 5) is 7.48. The molecular weight excluding hydrogens is 322 g/mol. The van der Waals surface area contributed by atoms with Crippen LogP contribution in [0.25, 0.3) is 0 Å². The second-order valence-corrected chi connectivity index (χ2v) is 8.40. The fraction of sp³-hybridized carbons (Fsp3) is 0.727. The zero-order valence-electron chi connectivity index (χ0n) is 17.0. The fourth-order valence-corrected chi connectivity index (χ4v) is 4.38. The molecule has 4 heteroatoms. The standard InChI is InChI=1S/C22H37N3O/c1-19(25-11-4-5-12-25)21-9-13-24(14-10-21)18-20-7-6-8-22(17-20)26-16-15-23(2)3/h6-8,17,19,21H,4-5,9-16,18H2,1-3H3. The Labute approximate surface area is 160 Å². The maximum atomic E-state index is 5.89. The van der Waals surface area contributed by atoms with Gasteiger partial charge in [-0.05, 0) is 96.5 Å². The second-order valence-electron chi connectivity index (χ2n) is 8.40. The Bertz CT molecular complexity index is 534. The van der Waals surface area contributed by atoms with Gasteiger partial charge in [-0.15, -0.1) is 0 Å². The highest BCUT2D eigenvalue weighted by Crippen LogP contribution is 2.27. The molecule has 26 heavy (non-hydrogen) atoms. The quantitative estimate of drug-likeness (QED) is 0.709. The maximum Gasteiger partial charge on any atom is 0.119 e. The Morgan fingerprint density at radius 1 is 1.12 bits per heavy atom. The van der Waals surface area contributed by atoms with Crippen LogP contribution in [0.1, 0.15) is 38.2 Å². The normalized spacial score (nSPS) is 21.4. The number of nitrogens with zero attached hydrogens (tertiary/aromatic N) is 3. The first kappa shape index (κ1) is 19.7. The lowest BCUT2D eigenvalue weighted by atomic mass is 9.89. The third-order valence-electron chi connectivity index (χ3n) is 6.14. The van der Waals surface area contributed by atoms with Crippen molar-refractivity contribution in [1.82, 2.24) is 14.7 Å². The highest BCUT2D eigenvalue weighted by molar-refractivity contribution is 5.28. The molecule has 3 rings (SSSR count). The molecule has 0 spiro atoms. The van der Waals surface area contributed by atoms with E-state index in [2.05, 4.69) is 60.0 Å². The first-order valence-electron chi connectivity index (χ1n) is 10.4. The summed E-state index contributed by atoms with van der Waals surface area (Å²) < 4.78 is 5.89. The van der Waals surface area contributed by atoms with Gasteiger partial charge in [0, 0.05) is 19.1 Å². The molecule has 0 aromatic heterocycles. The number of likely N-dealkylation sites (tertiary alicyclic amines) is 2. The third kappa shape index (κ3) is 5.70. The second kappa shape index (κ2) is 9.72. The van der Waals surface area contributed by atoms with Crippen LogP contribution in [0.4, 0.5) is 0 Å². The van der Waals surface area contributed by atoms with E-state index in [9.17, 15) is 0 Å². The lowest BCUT2D eigenvalue weighted by Gasteiger charge is -2.38. The van der Waals surface area contributed by atoms with E-state index in [0.29, 0.717) is 0 Å².